The number of aryl methyl sites for hydroxylation is 2. The van der Waals surface area contributed by atoms with Crippen molar-refractivity contribution in [2.24, 2.45) is 5.14 Å². The topological polar surface area (TPSA) is 128 Å². The summed E-state index contributed by atoms with van der Waals surface area (Å²) in [5.41, 5.74) is 10.0. The third-order valence-electron chi connectivity index (χ3n) is 5.16. The van der Waals surface area contributed by atoms with Gasteiger partial charge in [0.15, 0.2) is 0 Å². The van der Waals surface area contributed by atoms with Crippen molar-refractivity contribution >= 4 is 43.2 Å². The Morgan fingerprint density at radius 1 is 1.17 bits per heavy atom. The van der Waals surface area contributed by atoms with Crippen molar-refractivity contribution in [3.63, 3.8) is 0 Å². The van der Waals surface area contributed by atoms with Crippen LogP contribution in [0.5, 0.6) is 0 Å². The minimum Gasteiger partial charge on any atom is -0.397 e. The molecule has 4 rings (SSSR count). The van der Waals surface area contributed by atoms with Gasteiger partial charge in [0.2, 0.25) is 10.0 Å². The quantitative estimate of drug-likeness (QED) is 0.572. The Hall–Kier alpha value is -2.49. The Morgan fingerprint density at radius 2 is 1.90 bits per heavy atom. The number of carbonyl (C=O) groups excluding carboxylic acids is 1. The molecule has 0 spiro atoms. The van der Waals surface area contributed by atoms with Crippen LogP contribution in [0.1, 0.15) is 39.3 Å². The molecule has 1 aliphatic rings. The molecule has 0 atom stereocenters. The number of nitrogens with two attached hydrogens (primary N) is 2. The molecule has 0 radical (unpaired) electrons. The Morgan fingerprint density at radius 3 is 2.62 bits per heavy atom. The van der Waals surface area contributed by atoms with Crippen molar-refractivity contribution in [2.75, 3.05) is 12.3 Å². The van der Waals surface area contributed by atoms with E-state index in [-0.39, 0.29) is 10.8 Å². The molecule has 5 N–H and O–H groups in total. The van der Waals surface area contributed by atoms with Crippen molar-refractivity contribution in [3.8, 4) is 0 Å². The lowest BCUT2D eigenvalue weighted by atomic mass is 9.95. The number of nitrogens with one attached hydrogen (secondary N) is 1. The zero-order valence-electron chi connectivity index (χ0n) is 15.8. The first kappa shape index (κ1) is 19.8. The first-order valence-electron chi connectivity index (χ1n) is 9.43. The molecule has 152 valence electrons. The lowest BCUT2D eigenvalue weighted by Crippen LogP contribution is -2.25. The normalized spacial score (nSPS) is 14.0. The number of aromatic nitrogens is 1. The van der Waals surface area contributed by atoms with Crippen LogP contribution in [0.2, 0.25) is 0 Å². The zero-order chi connectivity index (χ0) is 20.6. The molecular formula is C20H22N4O3S2. The van der Waals surface area contributed by atoms with Crippen LogP contribution in [0, 0.1) is 0 Å². The lowest BCUT2D eigenvalue weighted by Gasteiger charge is -2.14. The third kappa shape index (κ3) is 4.12. The molecule has 2 aromatic heterocycles. The number of benzene rings is 1. The summed E-state index contributed by atoms with van der Waals surface area (Å²) in [6.45, 7) is 0.408. The Kier molecular flexibility index (Phi) is 5.28. The fourth-order valence-corrected chi connectivity index (χ4v) is 5.10. The highest BCUT2D eigenvalue weighted by atomic mass is 32.2. The van der Waals surface area contributed by atoms with Gasteiger partial charge in [-0.05, 0) is 61.4 Å². The largest absolute Gasteiger partial charge is 0.397 e. The number of pyridine rings is 1. The van der Waals surface area contributed by atoms with Crippen LogP contribution in [0.3, 0.4) is 0 Å². The number of nitrogen functional groups attached to an aromatic ring is 1. The molecular weight excluding hydrogens is 408 g/mol. The van der Waals surface area contributed by atoms with Crippen LogP contribution < -0.4 is 16.2 Å². The minimum absolute atomic E-state index is 0.0681. The standard InChI is InChI=1S/C20H22N4O3S2/c21-17-15-11-13-3-1-2-4-16(13)24-20(15)28-18(17)19(25)23-10-9-12-5-7-14(8-6-12)29(22,26)27/h5-8,11H,1-4,9-10,21H2,(H,23,25)(H2,22,26,27). The lowest BCUT2D eigenvalue weighted by molar-refractivity contribution is 0.0959. The Balaban J connectivity index is 1.44. The van der Waals surface area contributed by atoms with Gasteiger partial charge in [-0.15, -0.1) is 11.3 Å². The van der Waals surface area contributed by atoms with E-state index in [1.54, 1.807) is 12.1 Å². The number of thiophene rings is 1. The van der Waals surface area contributed by atoms with Gasteiger partial charge in [0.05, 0.1) is 10.6 Å². The molecule has 1 aliphatic carbocycles. The van der Waals surface area contributed by atoms with Crippen LogP contribution in [-0.2, 0) is 29.3 Å². The first-order chi connectivity index (χ1) is 13.8. The van der Waals surface area contributed by atoms with Crippen LogP contribution in [-0.4, -0.2) is 25.9 Å². The Labute approximate surface area is 173 Å². The van der Waals surface area contributed by atoms with Gasteiger partial charge in [-0.25, -0.2) is 18.5 Å². The van der Waals surface area contributed by atoms with E-state index in [9.17, 15) is 13.2 Å². The molecule has 2 heterocycles. The molecule has 1 amide bonds. The van der Waals surface area contributed by atoms with E-state index in [2.05, 4.69) is 11.4 Å². The van der Waals surface area contributed by atoms with Gasteiger partial charge in [0, 0.05) is 17.6 Å². The van der Waals surface area contributed by atoms with E-state index in [1.165, 1.54) is 29.0 Å². The van der Waals surface area contributed by atoms with Gasteiger partial charge in [-0.2, -0.15) is 0 Å². The summed E-state index contributed by atoms with van der Waals surface area (Å²) in [6.07, 6.45) is 4.87. The number of sulfonamides is 1. The number of hydrogen-bond acceptors (Lipinski definition) is 6. The molecule has 9 heteroatoms. The summed E-state index contributed by atoms with van der Waals surface area (Å²) in [7, 11) is -3.70. The van der Waals surface area contributed by atoms with E-state index in [0.29, 0.717) is 23.5 Å². The predicted octanol–water partition coefficient (Wildman–Crippen LogP) is 2.38. The number of nitrogens with zero attached hydrogens (tertiary/aromatic N) is 1. The number of carbonyl (C=O) groups is 1. The maximum absolute atomic E-state index is 12.6. The number of primary sulfonamides is 1. The van der Waals surface area contributed by atoms with Gasteiger partial charge >= 0.3 is 0 Å². The molecule has 1 aromatic carbocycles. The van der Waals surface area contributed by atoms with Crippen molar-refractivity contribution in [3.05, 3.63) is 52.0 Å². The predicted molar refractivity (Wildman–Crippen MR) is 115 cm³/mol. The van der Waals surface area contributed by atoms with E-state index < -0.39 is 10.0 Å². The number of rotatable bonds is 5. The zero-order valence-corrected chi connectivity index (χ0v) is 17.4. The van der Waals surface area contributed by atoms with E-state index >= 15 is 0 Å². The summed E-state index contributed by atoms with van der Waals surface area (Å²) in [5, 5.41) is 8.84. The van der Waals surface area contributed by atoms with Crippen molar-refractivity contribution in [1.29, 1.82) is 0 Å². The number of fused-ring (bicyclic) bond motifs is 2. The summed E-state index contributed by atoms with van der Waals surface area (Å²) >= 11 is 1.33. The van der Waals surface area contributed by atoms with Crippen molar-refractivity contribution < 1.29 is 13.2 Å². The van der Waals surface area contributed by atoms with Gasteiger partial charge < -0.3 is 11.1 Å². The second-order valence-corrected chi connectivity index (χ2v) is 9.75. The Bertz CT molecular complexity index is 1180. The van der Waals surface area contributed by atoms with E-state index in [1.807, 2.05) is 0 Å². The first-order valence-corrected chi connectivity index (χ1v) is 11.8. The molecule has 0 saturated heterocycles. The summed E-state index contributed by atoms with van der Waals surface area (Å²) in [5.74, 6) is -0.218. The van der Waals surface area contributed by atoms with Gasteiger partial charge in [-0.1, -0.05) is 12.1 Å². The maximum Gasteiger partial charge on any atom is 0.263 e. The van der Waals surface area contributed by atoms with E-state index in [4.69, 9.17) is 15.9 Å². The highest BCUT2D eigenvalue weighted by molar-refractivity contribution is 7.89. The van der Waals surface area contributed by atoms with Gasteiger partial charge in [0.1, 0.15) is 9.71 Å². The molecule has 0 fully saturated rings. The maximum atomic E-state index is 12.6. The minimum atomic E-state index is -3.70. The molecule has 0 unspecified atom stereocenters. The summed E-state index contributed by atoms with van der Waals surface area (Å²) < 4.78 is 22.6. The second-order valence-electron chi connectivity index (χ2n) is 7.19. The van der Waals surface area contributed by atoms with E-state index in [0.717, 1.165) is 47.2 Å². The van der Waals surface area contributed by atoms with Crippen molar-refractivity contribution in [1.82, 2.24) is 10.3 Å². The molecule has 0 saturated carbocycles. The molecule has 0 bridgehead atoms. The average molecular weight is 431 g/mol. The van der Waals surface area contributed by atoms with Crippen LogP contribution in [0.4, 0.5) is 5.69 Å². The number of anilines is 1. The highest BCUT2D eigenvalue weighted by Crippen LogP contribution is 2.35. The molecule has 29 heavy (non-hydrogen) atoms. The summed E-state index contributed by atoms with van der Waals surface area (Å²) in [4.78, 5) is 18.7. The average Bonchev–Trinajstić information content (AvgIpc) is 3.02. The smallest absolute Gasteiger partial charge is 0.263 e. The fourth-order valence-electron chi connectivity index (χ4n) is 3.57. The van der Waals surface area contributed by atoms with Crippen LogP contribution in [0.25, 0.3) is 10.2 Å². The third-order valence-corrected chi connectivity index (χ3v) is 7.20. The van der Waals surface area contributed by atoms with Crippen molar-refractivity contribution in [2.45, 2.75) is 37.0 Å². The summed E-state index contributed by atoms with van der Waals surface area (Å²) in [6, 6.07) is 8.39. The SMILES string of the molecule is Nc1c(C(=O)NCCc2ccc(S(N)(=O)=O)cc2)sc2nc3c(cc12)CCCC3. The molecule has 7 nitrogen and oxygen atoms in total. The highest BCUT2D eigenvalue weighted by Gasteiger charge is 2.20. The number of hydrogen-bond donors (Lipinski definition) is 3. The van der Waals surface area contributed by atoms with Gasteiger partial charge in [-0.3, -0.25) is 4.79 Å². The monoisotopic (exact) mass is 430 g/mol. The van der Waals surface area contributed by atoms with Crippen LogP contribution >= 0.6 is 11.3 Å². The number of amides is 1. The van der Waals surface area contributed by atoms with Gasteiger partial charge in [0.25, 0.3) is 5.91 Å². The molecule has 0 aliphatic heterocycles. The fraction of sp³-hybridized carbons (Fsp3) is 0.300. The molecule has 3 aromatic rings. The second kappa shape index (κ2) is 7.74. The van der Waals surface area contributed by atoms with Crippen LogP contribution in [0.15, 0.2) is 35.2 Å².